The minimum atomic E-state index is -0.268. The quantitative estimate of drug-likeness (QED) is 0.353. The van der Waals surface area contributed by atoms with Crippen molar-refractivity contribution in [2.24, 2.45) is 0 Å². The molecule has 1 saturated heterocycles. The van der Waals surface area contributed by atoms with E-state index in [2.05, 4.69) is 10.2 Å². The SMILES string of the molecule is CCN(CC)C(=O)Nc1c(N2CCCCC2)c(=O)n(Cc2c(Cl)cccc2Cl)c2cc(OC)c(OC)cc12. The number of anilines is 2. The number of hydrogen-bond acceptors (Lipinski definition) is 5. The van der Waals surface area contributed by atoms with E-state index >= 15 is 0 Å². The van der Waals surface area contributed by atoms with Gasteiger partial charge in [-0.05, 0) is 51.3 Å². The van der Waals surface area contributed by atoms with Gasteiger partial charge in [0, 0.05) is 53.2 Å². The Balaban J connectivity index is 2.06. The number of ether oxygens (including phenoxy) is 2. The molecule has 0 atom stereocenters. The lowest BCUT2D eigenvalue weighted by atomic mass is 10.1. The second kappa shape index (κ2) is 12.2. The molecule has 0 unspecified atom stereocenters. The molecule has 38 heavy (non-hydrogen) atoms. The van der Waals surface area contributed by atoms with Crippen molar-refractivity contribution in [1.29, 1.82) is 0 Å². The van der Waals surface area contributed by atoms with Crippen molar-refractivity contribution < 1.29 is 14.3 Å². The molecule has 4 rings (SSSR count). The van der Waals surface area contributed by atoms with E-state index in [1.807, 2.05) is 19.9 Å². The molecule has 0 saturated carbocycles. The van der Waals surface area contributed by atoms with Gasteiger partial charge in [0.25, 0.3) is 5.56 Å². The Hall–Kier alpha value is -3.10. The summed E-state index contributed by atoms with van der Waals surface area (Å²) >= 11 is 13.1. The van der Waals surface area contributed by atoms with Crippen molar-refractivity contribution in [2.75, 3.05) is 50.6 Å². The number of carbonyl (C=O) groups is 1. The van der Waals surface area contributed by atoms with Crippen LogP contribution in [0.1, 0.15) is 38.7 Å². The molecule has 204 valence electrons. The van der Waals surface area contributed by atoms with E-state index in [1.54, 1.807) is 48.0 Å². The van der Waals surface area contributed by atoms with E-state index in [9.17, 15) is 9.59 Å². The van der Waals surface area contributed by atoms with Gasteiger partial charge >= 0.3 is 6.03 Å². The van der Waals surface area contributed by atoms with Crippen LogP contribution in [0.5, 0.6) is 11.5 Å². The maximum Gasteiger partial charge on any atom is 0.321 e. The molecule has 1 fully saturated rings. The minimum absolute atomic E-state index is 0.147. The van der Waals surface area contributed by atoms with Crippen LogP contribution in [0.3, 0.4) is 0 Å². The highest BCUT2D eigenvalue weighted by atomic mass is 35.5. The number of hydrogen-bond donors (Lipinski definition) is 1. The number of fused-ring (bicyclic) bond motifs is 1. The molecule has 1 N–H and O–H groups in total. The average Bonchev–Trinajstić information content (AvgIpc) is 2.92. The van der Waals surface area contributed by atoms with Crippen LogP contribution in [0.25, 0.3) is 10.9 Å². The smallest absolute Gasteiger partial charge is 0.321 e. The van der Waals surface area contributed by atoms with Gasteiger partial charge in [0.15, 0.2) is 11.5 Å². The highest BCUT2D eigenvalue weighted by Gasteiger charge is 2.27. The van der Waals surface area contributed by atoms with Crippen LogP contribution in [0, 0.1) is 0 Å². The fraction of sp³-hybridized carbons (Fsp3) is 0.429. The number of nitrogens with one attached hydrogen (secondary N) is 1. The van der Waals surface area contributed by atoms with Gasteiger partial charge in [0.1, 0.15) is 5.69 Å². The molecule has 10 heteroatoms. The Kier molecular flexibility index (Phi) is 8.95. The number of methoxy groups -OCH3 is 2. The highest BCUT2D eigenvalue weighted by Crippen LogP contribution is 2.40. The first kappa shape index (κ1) is 27.9. The van der Waals surface area contributed by atoms with Crippen LogP contribution >= 0.6 is 23.2 Å². The lowest BCUT2D eigenvalue weighted by Crippen LogP contribution is -2.39. The average molecular weight is 562 g/mol. The Morgan fingerprint density at radius 2 is 1.61 bits per heavy atom. The number of nitrogens with zero attached hydrogens (tertiary/aromatic N) is 3. The normalized spacial score (nSPS) is 13.5. The van der Waals surface area contributed by atoms with Crippen LogP contribution in [-0.2, 0) is 6.54 Å². The number of amides is 2. The molecule has 0 aliphatic carbocycles. The molecule has 0 spiro atoms. The molecule has 2 amide bonds. The number of benzene rings is 2. The van der Waals surface area contributed by atoms with E-state index in [4.69, 9.17) is 32.7 Å². The molecule has 2 aromatic carbocycles. The van der Waals surface area contributed by atoms with Crippen molar-refractivity contribution in [2.45, 2.75) is 39.7 Å². The molecule has 0 radical (unpaired) electrons. The standard InChI is InChI=1S/C28H34Cl2N4O4/c1-5-32(6-2)28(36)31-25-18-15-23(37-3)24(38-4)16-22(18)34(17-19-20(29)11-10-12-21(19)30)27(35)26(25)33-13-8-7-9-14-33/h10-12,15-16H,5-9,13-14,17H2,1-4H3,(H,31,36). The molecule has 0 bridgehead atoms. The number of urea groups is 1. The Bertz CT molecular complexity index is 1360. The first-order valence-electron chi connectivity index (χ1n) is 12.9. The number of carbonyl (C=O) groups excluding carboxylic acids is 1. The van der Waals surface area contributed by atoms with Crippen molar-refractivity contribution >= 4 is 51.5 Å². The largest absolute Gasteiger partial charge is 0.493 e. The van der Waals surface area contributed by atoms with E-state index in [0.29, 0.717) is 62.5 Å². The predicted octanol–water partition coefficient (Wildman–Crippen LogP) is 6.24. The summed E-state index contributed by atoms with van der Waals surface area (Å²) in [6, 6.07) is 8.58. The first-order valence-corrected chi connectivity index (χ1v) is 13.7. The maximum atomic E-state index is 14.4. The highest BCUT2D eigenvalue weighted by molar-refractivity contribution is 6.36. The summed E-state index contributed by atoms with van der Waals surface area (Å²) in [6.45, 7) is 6.51. The molecule has 3 aromatic rings. The van der Waals surface area contributed by atoms with E-state index in [-0.39, 0.29) is 18.1 Å². The third-order valence-corrected chi connectivity index (χ3v) is 7.79. The summed E-state index contributed by atoms with van der Waals surface area (Å²) in [4.78, 5) is 31.4. The van der Waals surface area contributed by atoms with E-state index in [1.165, 1.54) is 0 Å². The molecular weight excluding hydrogens is 527 g/mol. The number of aromatic nitrogens is 1. The van der Waals surface area contributed by atoms with Gasteiger partial charge in [0.2, 0.25) is 0 Å². The van der Waals surface area contributed by atoms with E-state index < -0.39 is 0 Å². The minimum Gasteiger partial charge on any atom is -0.493 e. The maximum absolute atomic E-state index is 14.4. The molecular formula is C28H34Cl2N4O4. The van der Waals surface area contributed by atoms with Crippen LogP contribution in [0.15, 0.2) is 35.1 Å². The fourth-order valence-electron chi connectivity index (χ4n) is 5.00. The number of rotatable bonds is 8. The fourth-order valence-corrected chi connectivity index (χ4v) is 5.51. The molecule has 2 heterocycles. The number of pyridine rings is 1. The van der Waals surface area contributed by atoms with Crippen LogP contribution < -0.4 is 25.2 Å². The van der Waals surface area contributed by atoms with Crippen molar-refractivity contribution in [3.8, 4) is 11.5 Å². The molecule has 1 aliphatic heterocycles. The Morgan fingerprint density at radius 1 is 1.00 bits per heavy atom. The van der Waals surface area contributed by atoms with Gasteiger partial charge in [-0.1, -0.05) is 29.3 Å². The molecule has 8 nitrogen and oxygen atoms in total. The summed E-state index contributed by atoms with van der Waals surface area (Å²) in [5, 5.41) is 4.68. The topological polar surface area (TPSA) is 76.0 Å². The lowest BCUT2D eigenvalue weighted by Gasteiger charge is -2.32. The summed E-state index contributed by atoms with van der Waals surface area (Å²) < 4.78 is 12.8. The predicted molar refractivity (Wildman–Crippen MR) is 155 cm³/mol. The number of piperidine rings is 1. The van der Waals surface area contributed by atoms with E-state index in [0.717, 1.165) is 32.4 Å². The summed E-state index contributed by atoms with van der Waals surface area (Å²) in [6.07, 6.45) is 3.02. The van der Waals surface area contributed by atoms with Gasteiger partial charge in [-0.3, -0.25) is 4.79 Å². The van der Waals surface area contributed by atoms with Gasteiger partial charge in [-0.2, -0.15) is 0 Å². The van der Waals surface area contributed by atoms with Crippen LogP contribution in [0.2, 0.25) is 10.0 Å². The van der Waals surface area contributed by atoms with Crippen molar-refractivity contribution in [1.82, 2.24) is 9.47 Å². The first-order chi connectivity index (χ1) is 18.3. The van der Waals surface area contributed by atoms with Crippen molar-refractivity contribution in [3.05, 3.63) is 56.3 Å². The third kappa shape index (κ3) is 5.38. The molecule has 1 aromatic heterocycles. The Morgan fingerprint density at radius 3 is 2.18 bits per heavy atom. The number of halogens is 2. The summed E-state index contributed by atoms with van der Waals surface area (Å²) in [7, 11) is 3.10. The van der Waals surface area contributed by atoms with Gasteiger partial charge < -0.3 is 29.2 Å². The van der Waals surface area contributed by atoms with Gasteiger partial charge in [-0.25, -0.2) is 4.79 Å². The zero-order valence-corrected chi connectivity index (χ0v) is 23.8. The second-order valence-electron chi connectivity index (χ2n) is 9.19. The lowest BCUT2D eigenvalue weighted by molar-refractivity contribution is 0.217. The summed E-state index contributed by atoms with van der Waals surface area (Å²) in [5.41, 5.74) is 1.88. The summed E-state index contributed by atoms with van der Waals surface area (Å²) in [5.74, 6) is 0.953. The third-order valence-electron chi connectivity index (χ3n) is 7.08. The van der Waals surface area contributed by atoms with Crippen molar-refractivity contribution in [3.63, 3.8) is 0 Å². The monoisotopic (exact) mass is 560 g/mol. The zero-order chi connectivity index (χ0) is 27.4. The molecule has 1 aliphatic rings. The second-order valence-corrected chi connectivity index (χ2v) is 10.0. The van der Waals surface area contributed by atoms with Crippen LogP contribution in [-0.4, -0.2) is 55.9 Å². The Labute approximate surface area is 233 Å². The van der Waals surface area contributed by atoms with Gasteiger partial charge in [0.05, 0.1) is 32.0 Å². The zero-order valence-electron chi connectivity index (χ0n) is 22.3. The van der Waals surface area contributed by atoms with Crippen LogP contribution in [0.4, 0.5) is 16.2 Å². The van der Waals surface area contributed by atoms with Gasteiger partial charge in [-0.15, -0.1) is 0 Å².